The maximum atomic E-state index is 11.1. The molecule has 68 valence electrons. The third-order valence-corrected chi connectivity index (χ3v) is 2.13. The summed E-state index contributed by atoms with van der Waals surface area (Å²) >= 11 is 11.2. The normalized spacial score (nSPS) is 9.38. The minimum Gasteiger partial charge on any atom is -0.493 e. The van der Waals surface area contributed by atoms with Crippen LogP contribution in [0.25, 0.3) is 0 Å². The lowest BCUT2D eigenvalue weighted by atomic mass is 10.3. The third kappa shape index (κ3) is 1.62. The van der Waals surface area contributed by atoms with Gasteiger partial charge >= 0.3 is 0 Å². The smallest absolute Gasteiger partial charge is 0.270 e. The fraction of sp³-hybridized carbons (Fsp3) is 0.143. The first-order valence-corrected chi connectivity index (χ1v) is 3.92. The van der Waals surface area contributed by atoms with Crippen molar-refractivity contribution in [2.45, 2.75) is 0 Å². The number of nitrogens with one attached hydrogen (secondary N) is 1. The van der Waals surface area contributed by atoms with Gasteiger partial charge in [-0.15, -0.1) is 0 Å². The summed E-state index contributed by atoms with van der Waals surface area (Å²) in [5.74, 6) is -0.00193. The molecule has 0 fully saturated rings. The molecule has 13 heavy (non-hydrogen) atoms. The van der Waals surface area contributed by atoms with Crippen LogP contribution in [0.2, 0.25) is 10.2 Å². The summed E-state index contributed by atoms with van der Waals surface area (Å²) in [5, 5.41) is 8.58. The molecule has 1 aromatic heterocycles. The molecule has 0 amide bonds. The predicted molar refractivity (Wildman–Crippen MR) is 48.3 cm³/mol. The number of nitriles is 1. The molecule has 0 saturated heterocycles. The fourth-order valence-electron chi connectivity index (χ4n) is 0.823. The van der Waals surface area contributed by atoms with Crippen molar-refractivity contribution < 1.29 is 4.74 Å². The van der Waals surface area contributed by atoms with Gasteiger partial charge in [0.25, 0.3) is 5.56 Å². The summed E-state index contributed by atoms with van der Waals surface area (Å²) in [5.41, 5.74) is -0.800. The highest BCUT2D eigenvalue weighted by atomic mass is 35.5. The highest BCUT2D eigenvalue weighted by molar-refractivity contribution is 6.42. The number of ether oxygens (including phenoxy) is 1. The summed E-state index contributed by atoms with van der Waals surface area (Å²) in [6.45, 7) is 0. The molecule has 4 nitrogen and oxygen atoms in total. The molecule has 0 radical (unpaired) electrons. The van der Waals surface area contributed by atoms with Crippen molar-refractivity contribution >= 4 is 23.2 Å². The number of hydrogen-bond donors (Lipinski definition) is 1. The van der Waals surface area contributed by atoms with Crippen LogP contribution in [0.15, 0.2) is 4.79 Å². The number of aromatic amines is 1. The number of pyridine rings is 1. The number of rotatable bonds is 1. The first-order chi connectivity index (χ1) is 6.11. The highest BCUT2D eigenvalue weighted by Crippen LogP contribution is 2.30. The van der Waals surface area contributed by atoms with Gasteiger partial charge in [-0.2, -0.15) is 5.26 Å². The SMILES string of the molecule is COc1c(Cl)c(Cl)[nH]c(=O)c1C#N. The molecule has 0 atom stereocenters. The van der Waals surface area contributed by atoms with Gasteiger partial charge in [0, 0.05) is 0 Å². The molecule has 0 bridgehead atoms. The second kappa shape index (κ2) is 3.69. The van der Waals surface area contributed by atoms with E-state index < -0.39 is 5.56 Å². The zero-order valence-electron chi connectivity index (χ0n) is 6.52. The van der Waals surface area contributed by atoms with Gasteiger partial charge in [0.15, 0.2) is 11.3 Å². The van der Waals surface area contributed by atoms with Gasteiger partial charge in [-0.3, -0.25) is 4.79 Å². The van der Waals surface area contributed by atoms with E-state index in [1.165, 1.54) is 7.11 Å². The summed E-state index contributed by atoms with van der Waals surface area (Å²) in [4.78, 5) is 13.3. The molecular formula is C7H4Cl2N2O2. The third-order valence-electron chi connectivity index (χ3n) is 1.39. The number of hydrogen-bond acceptors (Lipinski definition) is 3. The molecule has 0 saturated carbocycles. The lowest BCUT2D eigenvalue weighted by molar-refractivity contribution is 0.412. The molecule has 6 heteroatoms. The van der Waals surface area contributed by atoms with Crippen LogP contribution in [0.4, 0.5) is 0 Å². The Morgan fingerprint density at radius 2 is 2.15 bits per heavy atom. The molecule has 0 aromatic carbocycles. The van der Waals surface area contributed by atoms with Gasteiger partial charge < -0.3 is 9.72 Å². The minimum absolute atomic E-state index is 0.00193. The quantitative estimate of drug-likeness (QED) is 0.728. The monoisotopic (exact) mass is 218 g/mol. The standard InChI is InChI=1S/C7H4Cl2N2O2/c1-13-5-3(2-10)7(12)11-6(9)4(5)8/h1H3,(H,11,12). The van der Waals surface area contributed by atoms with E-state index >= 15 is 0 Å². The van der Waals surface area contributed by atoms with Crippen LogP contribution in [0.5, 0.6) is 5.75 Å². The van der Waals surface area contributed by atoms with E-state index in [2.05, 4.69) is 4.98 Å². The van der Waals surface area contributed by atoms with E-state index in [-0.39, 0.29) is 21.5 Å². The van der Waals surface area contributed by atoms with Crippen LogP contribution in [-0.2, 0) is 0 Å². The lowest BCUT2D eigenvalue weighted by Gasteiger charge is -2.04. The predicted octanol–water partition coefficient (Wildman–Crippen LogP) is 1.56. The van der Waals surface area contributed by atoms with E-state index in [1.54, 1.807) is 6.07 Å². The maximum absolute atomic E-state index is 11.1. The van der Waals surface area contributed by atoms with Crippen LogP contribution in [0.1, 0.15) is 5.56 Å². The molecular weight excluding hydrogens is 215 g/mol. The van der Waals surface area contributed by atoms with E-state index in [1.807, 2.05) is 0 Å². The molecule has 0 aliphatic rings. The summed E-state index contributed by atoms with van der Waals surface area (Å²) in [6.07, 6.45) is 0. The van der Waals surface area contributed by atoms with Gasteiger partial charge in [0.05, 0.1) is 7.11 Å². The maximum Gasteiger partial charge on any atom is 0.270 e. The number of methoxy groups -OCH3 is 1. The number of halogens is 2. The summed E-state index contributed by atoms with van der Waals surface area (Å²) in [7, 11) is 1.30. The van der Waals surface area contributed by atoms with Crippen LogP contribution >= 0.6 is 23.2 Å². The second-order valence-electron chi connectivity index (χ2n) is 2.10. The largest absolute Gasteiger partial charge is 0.493 e. The Balaban J connectivity index is 3.63. The van der Waals surface area contributed by atoms with Crippen LogP contribution < -0.4 is 10.3 Å². The summed E-state index contributed by atoms with van der Waals surface area (Å²) in [6, 6.07) is 1.67. The van der Waals surface area contributed by atoms with Crippen molar-refractivity contribution in [1.82, 2.24) is 4.98 Å². The van der Waals surface area contributed by atoms with E-state index in [4.69, 9.17) is 33.2 Å². The Bertz CT molecular complexity index is 433. The first-order valence-electron chi connectivity index (χ1n) is 3.17. The van der Waals surface area contributed by atoms with Gasteiger partial charge in [-0.25, -0.2) is 0 Å². The van der Waals surface area contributed by atoms with E-state index in [0.29, 0.717) is 0 Å². The Hall–Kier alpha value is -1.18. The van der Waals surface area contributed by atoms with Crippen molar-refractivity contribution in [3.63, 3.8) is 0 Å². The van der Waals surface area contributed by atoms with Crippen LogP contribution in [0.3, 0.4) is 0 Å². The van der Waals surface area contributed by atoms with Gasteiger partial charge in [-0.05, 0) is 0 Å². The fourth-order valence-corrected chi connectivity index (χ4v) is 1.21. The van der Waals surface area contributed by atoms with E-state index in [0.717, 1.165) is 0 Å². The average molecular weight is 219 g/mol. The van der Waals surface area contributed by atoms with Gasteiger partial charge in [0.1, 0.15) is 16.2 Å². The van der Waals surface area contributed by atoms with Crippen molar-refractivity contribution in [2.75, 3.05) is 7.11 Å². The number of nitrogens with zero attached hydrogens (tertiary/aromatic N) is 1. The second-order valence-corrected chi connectivity index (χ2v) is 2.86. The van der Waals surface area contributed by atoms with Gasteiger partial charge in [-0.1, -0.05) is 23.2 Å². The Kier molecular flexibility index (Phi) is 2.81. The molecule has 1 rings (SSSR count). The van der Waals surface area contributed by atoms with Crippen molar-refractivity contribution in [3.8, 4) is 11.8 Å². The van der Waals surface area contributed by atoms with Crippen molar-refractivity contribution in [3.05, 3.63) is 26.1 Å². The van der Waals surface area contributed by atoms with Gasteiger partial charge in [0.2, 0.25) is 0 Å². The number of aromatic nitrogens is 1. The van der Waals surface area contributed by atoms with Crippen LogP contribution in [-0.4, -0.2) is 12.1 Å². The summed E-state index contributed by atoms with van der Waals surface area (Å²) < 4.78 is 4.77. The van der Waals surface area contributed by atoms with Crippen LogP contribution in [0, 0.1) is 11.3 Å². The Morgan fingerprint density at radius 1 is 1.54 bits per heavy atom. The molecule has 0 spiro atoms. The molecule has 0 unspecified atom stereocenters. The lowest BCUT2D eigenvalue weighted by Crippen LogP contribution is -2.12. The Labute approximate surface area is 83.7 Å². The molecule has 1 heterocycles. The molecule has 1 aromatic rings. The molecule has 0 aliphatic heterocycles. The zero-order chi connectivity index (χ0) is 10.0. The topological polar surface area (TPSA) is 65.9 Å². The number of H-pyrrole nitrogens is 1. The highest BCUT2D eigenvalue weighted by Gasteiger charge is 2.15. The molecule has 1 N–H and O–H groups in total. The Morgan fingerprint density at radius 3 is 2.62 bits per heavy atom. The first kappa shape index (κ1) is 9.90. The minimum atomic E-state index is -0.617. The zero-order valence-corrected chi connectivity index (χ0v) is 8.03. The van der Waals surface area contributed by atoms with E-state index in [9.17, 15) is 4.79 Å². The average Bonchev–Trinajstić information content (AvgIpc) is 2.10. The molecule has 0 aliphatic carbocycles. The van der Waals surface area contributed by atoms with Crippen molar-refractivity contribution in [2.24, 2.45) is 0 Å². The van der Waals surface area contributed by atoms with Crippen molar-refractivity contribution in [1.29, 1.82) is 5.26 Å².